The van der Waals surface area contributed by atoms with Gasteiger partial charge in [0.2, 0.25) is 0 Å². The summed E-state index contributed by atoms with van der Waals surface area (Å²) in [4.78, 5) is 0. The van der Waals surface area contributed by atoms with Crippen LogP contribution in [0.15, 0.2) is 130 Å². The molecule has 0 amide bonds. The maximum atomic E-state index is 9.67. The lowest BCUT2D eigenvalue weighted by Gasteiger charge is -2.12. The largest absolute Gasteiger partial charge is 0.456 e. The first-order valence-corrected chi connectivity index (χ1v) is 13.6. The molecule has 0 aliphatic carbocycles. The first-order chi connectivity index (χ1) is 20.7. The fraction of sp³-hybridized carbons (Fsp3) is 0. The van der Waals surface area contributed by atoms with Crippen molar-refractivity contribution in [3.8, 4) is 45.5 Å². The molecule has 0 fully saturated rings. The van der Waals surface area contributed by atoms with E-state index in [9.17, 15) is 10.5 Å². The van der Waals surface area contributed by atoms with Crippen molar-refractivity contribution in [1.82, 2.24) is 0 Å². The molecule has 0 saturated heterocycles. The predicted octanol–water partition coefficient (Wildman–Crippen LogP) is 10.2. The van der Waals surface area contributed by atoms with Gasteiger partial charge in [-0.2, -0.15) is 10.5 Å². The normalized spacial score (nSPS) is 11.3. The summed E-state index contributed by atoms with van der Waals surface area (Å²) in [5, 5.41) is 23.6. The molecule has 194 valence electrons. The van der Waals surface area contributed by atoms with Gasteiger partial charge in [-0.25, -0.2) is 0 Å². The summed E-state index contributed by atoms with van der Waals surface area (Å²) < 4.78 is 12.5. The van der Waals surface area contributed by atoms with Gasteiger partial charge in [0, 0.05) is 27.1 Å². The standard InChI is InChI=1S/C38H20N2O2/c39-21-23-14-24(22-40)16-26(15-23)28-17-27(25-12-13-37-34(20-25)32-7-2-3-10-35(32)41-37)18-29(19-28)30-8-5-9-33-31-6-1-4-11-36(31)42-38(30)33/h1-20H. The number of nitrogens with zero attached hydrogens (tertiary/aromatic N) is 2. The highest BCUT2D eigenvalue weighted by Crippen LogP contribution is 2.40. The second-order valence-corrected chi connectivity index (χ2v) is 10.4. The molecule has 0 aliphatic rings. The van der Waals surface area contributed by atoms with Crippen LogP contribution in [0.4, 0.5) is 0 Å². The van der Waals surface area contributed by atoms with Gasteiger partial charge < -0.3 is 8.83 Å². The third kappa shape index (κ3) is 3.75. The Kier molecular flexibility index (Phi) is 5.22. The summed E-state index contributed by atoms with van der Waals surface area (Å²) in [5.41, 5.74) is 9.94. The van der Waals surface area contributed by atoms with Crippen molar-refractivity contribution in [3.05, 3.63) is 132 Å². The van der Waals surface area contributed by atoms with Crippen molar-refractivity contribution in [2.45, 2.75) is 0 Å². The van der Waals surface area contributed by atoms with Crippen LogP contribution in [0.2, 0.25) is 0 Å². The van der Waals surface area contributed by atoms with Crippen molar-refractivity contribution in [3.63, 3.8) is 0 Å². The molecule has 8 aromatic rings. The van der Waals surface area contributed by atoms with Crippen molar-refractivity contribution in [2.75, 3.05) is 0 Å². The van der Waals surface area contributed by atoms with Crippen LogP contribution >= 0.6 is 0 Å². The number of fused-ring (bicyclic) bond motifs is 6. The Balaban J connectivity index is 1.40. The van der Waals surface area contributed by atoms with Crippen molar-refractivity contribution >= 4 is 43.9 Å². The summed E-state index contributed by atoms with van der Waals surface area (Å²) in [7, 11) is 0. The zero-order chi connectivity index (χ0) is 28.2. The lowest BCUT2D eigenvalue weighted by Crippen LogP contribution is -1.89. The summed E-state index contributed by atoms with van der Waals surface area (Å²) in [6.07, 6.45) is 0. The second kappa shape index (κ2) is 9.24. The Bertz CT molecular complexity index is 2410. The topological polar surface area (TPSA) is 73.9 Å². The van der Waals surface area contributed by atoms with E-state index in [1.54, 1.807) is 6.07 Å². The molecule has 4 nitrogen and oxygen atoms in total. The van der Waals surface area contributed by atoms with Gasteiger partial charge in [-0.05, 0) is 88.5 Å². The van der Waals surface area contributed by atoms with Crippen molar-refractivity contribution < 1.29 is 8.83 Å². The van der Waals surface area contributed by atoms with Gasteiger partial charge in [0.15, 0.2) is 0 Å². The van der Waals surface area contributed by atoms with Crippen LogP contribution in [0.3, 0.4) is 0 Å². The maximum Gasteiger partial charge on any atom is 0.143 e. The number of hydrogen-bond acceptors (Lipinski definition) is 4. The molecule has 0 unspecified atom stereocenters. The molecule has 0 bridgehead atoms. The molecule has 6 aromatic carbocycles. The molecule has 0 spiro atoms. The first-order valence-electron chi connectivity index (χ1n) is 13.6. The minimum atomic E-state index is 0.446. The van der Waals surface area contributed by atoms with Gasteiger partial charge in [0.25, 0.3) is 0 Å². The minimum Gasteiger partial charge on any atom is -0.456 e. The van der Waals surface area contributed by atoms with Gasteiger partial charge in [-0.1, -0.05) is 60.7 Å². The number of hydrogen-bond donors (Lipinski definition) is 0. The number of nitriles is 2. The average Bonchev–Trinajstić information content (AvgIpc) is 3.62. The highest BCUT2D eigenvalue weighted by molar-refractivity contribution is 6.10. The van der Waals surface area contributed by atoms with E-state index in [4.69, 9.17) is 8.83 Å². The Morgan fingerprint density at radius 3 is 1.71 bits per heavy atom. The molecule has 42 heavy (non-hydrogen) atoms. The van der Waals surface area contributed by atoms with Crippen LogP contribution in [0.1, 0.15) is 11.1 Å². The summed E-state index contributed by atoms with van der Waals surface area (Å²) >= 11 is 0. The van der Waals surface area contributed by atoms with E-state index in [1.807, 2.05) is 54.6 Å². The quantitative estimate of drug-likeness (QED) is 0.225. The number of furan rings is 2. The average molecular weight is 537 g/mol. The first kappa shape index (κ1) is 23.8. The molecule has 8 rings (SSSR count). The molecule has 2 heterocycles. The lowest BCUT2D eigenvalue weighted by atomic mass is 9.91. The van der Waals surface area contributed by atoms with Crippen LogP contribution in [0.5, 0.6) is 0 Å². The van der Waals surface area contributed by atoms with Crippen LogP contribution < -0.4 is 0 Å². The van der Waals surface area contributed by atoms with Crippen LogP contribution in [0, 0.1) is 22.7 Å². The SMILES string of the molecule is N#Cc1cc(C#N)cc(-c2cc(-c3ccc4oc5ccccc5c4c3)cc(-c3cccc4c3oc3ccccc34)c2)c1. The molecule has 4 heteroatoms. The van der Waals surface area contributed by atoms with E-state index in [0.29, 0.717) is 11.1 Å². The maximum absolute atomic E-state index is 9.67. The summed E-state index contributed by atoms with van der Waals surface area (Å²) in [5.74, 6) is 0. The molecular formula is C38H20N2O2. The summed E-state index contributed by atoms with van der Waals surface area (Å²) in [6, 6.07) is 44.7. The Morgan fingerprint density at radius 2 is 0.976 bits per heavy atom. The predicted molar refractivity (Wildman–Crippen MR) is 167 cm³/mol. The second-order valence-electron chi connectivity index (χ2n) is 10.4. The van der Waals surface area contributed by atoms with E-state index in [-0.39, 0.29) is 0 Å². The van der Waals surface area contributed by atoms with Gasteiger partial charge in [-0.15, -0.1) is 0 Å². The van der Waals surface area contributed by atoms with E-state index < -0.39 is 0 Å². The lowest BCUT2D eigenvalue weighted by molar-refractivity contribution is 0.669. The number of rotatable bonds is 3. The van der Waals surface area contributed by atoms with Gasteiger partial charge in [0.1, 0.15) is 22.3 Å². The smallest absolute Gasteiger partial charge is 0.143 e. The fourth-order valence-corrected chi connectivity index (χ4v) is 5.92. The number of para-hydroxylation sites is 3. The third-order valence-corrected chi connectivity index (χ3v) is 7.88. The molecule has 0 aliphatic heterocycles. The van der Waals surface area contributed by atoms with Crippen molar-refractivity contribution in [2.24, 2.45) is 0 Å². The van der Waals surface area contributed by atoms with E-state index in [2.05, 4.69) is 72.8 Å². The van der Waals surface area contributed by atoms with E-state index in [1.165, 1.54) is 0 Å². The molecule has 2 aromatic heterocycles. The number of benzene rings is 6. The summed E-state index contributed by atoms with van der Waals surface area (Å²) in [6.45, 7) is 0. The van der Waals surface area contributed by atoms with Crippen LogP contribution in [-0.2, 0) is 0 Å². The van der Waals surface area contributed by atoms with Gasteiger partial charge >= 0.3 is 0 Å². The van der Waals surface area contributed by atoms with Gasteiger partial charge in [-0.3, -0.25) is 0 Å². The van der Waals surface area contributed by atoms with Gasteiger partial charge in [0.05, 0.1) is 23.3 Å². The Hall–Kier alpha value is -6.10. The molecule has 0 radical (unpaired) electrons. The fourth-order valence-electron chi connectivity index (χ4n) is 5.92. The minimum absolute atomic E-state index is 0.446. The third-order valence-electron chi connectivity index (χ3n) is 7.88. The Labute approximate surface area is 240 Å². The van der Waals surface area contributed by atoms with E-state index >= 15 is 0 Å². The zero-order valence-electron chi connectivity index (χ0n) is 22.3. The molecule has 0 N–H and O–H groups in total. The monoisotopic (exact) mass is 536 g/mol. The van der Waals surface area contributed by atoms with Crippen molar-refractivity contribution in [1.29, 1.82) is 10.5 Å². The molecule has 0 saturated carbocycles. The highest BCUT2D eigenvalue weighted by atomic mass is 16.3. The Morgan fingerprint density at radius 1 is 0.405 bits per heavy atom. The highest BCUT2D eigenvalue weighted by Gasteiger charge is 2.16. The molecular weight excluding hydrogens is 516 g/mol. The molecule has 0 atom stereocenters. The van der Waals surface area contributed by atoms with Crippen LogP contribution in [0.25, 0.3) is 77.3 Å². The van der Waals surface area contributed by atoms with E-state index in [0.717, 1.165) is 77.3 Å². The zero-order valence-corrected chi connectivity index (χ0v) is 22.3. The van der Waals surface area contributed by atoms with Crippen LogP contribution in [-0.4, -0.2) is 0 Å².